The van der Waals surface area contributed by atoms with Crippen LogP contribution in [0.1, 0.15) is 41.3 Å². The molecule has 23 heavy (non-hydrogen) atoms. The first-order valence-corrected chi connectivity index (χ1v) is 8.79. The molecule has 1 aromatic heterocycles. The van der Waals surface area contributed by atoms with E-state index in [9.17, 15) is 0 Å². The maximum Gasteiger partial charge on any atom is 0.127 e. The molecule has 2 heteroatoms. The van der Waals surface area contributed by atoms with Gasteiger partial charge >= 0.3 is 0 Å². The number of H-pyrrole nitrogens is 1. The van der Waals surface area contributed by atoms with Crippen LogP contribution in [-0.4, -0.2) is 11.5 Å². The summed E-state index contributed by atoms with van der Waals surface area (Å²) >= 11 is 0. The lowest BCUT2D eigenvalue weighted by molar-refractivity contribution is -0.697. The molecule has 3 aromatic rings. The zero-order valence-electron chi connectivity index (χ0n) is 13.8. The fourth-order valence-corrected chi connectivity index (χ4v) is 3.94. The predicted octanol–water partition coefficient (Wildman–Crippen LogP) is 3.66. The van der Waals surface area contributed by atoms with Gasteiger partial charge < -0.3 is 10.3 Å². The Bertz CT molecular complexity index is 801. The Kier molecular flexibility index (Phi) is 3.92. The molecule has 0 amide bonds. The summed E-state index contributed by atoms with van der Waals surface area (Å²) in [6.07, 6.45) is 4.96. The molecule has 0 fully saturated rings. The Labute approximate surface area is 137 Å². The van der Waals surface area contributed by atoms with Crippen LogP contribution in [-0.2, 0) is 12.8 Å². The van der Waals surface area contributed by atoms with Crippen molar-refractivity contribution < 1.29 is 5.32 Å². The van der Waals surface area contributed by atoms with Gasteiger partial charge in [0.2, 0.25) is 0 Å². The number of aromatic nitrogens is 1. The normalized spacial score (nSPS) is 17.3. The lowest BCUT2D eigenvalue weighted by atomic mass is 9.91. The third kappa shape index (κ3) is 2.91. The summed E-state index contributed by atoms with van der Waals surface area (Å²) in [6, 6.07) is 18.2. The SMILES string of the molecule is Cc1ccc2[nH]c3c(c2c1)CCC[C@@H]3[NH2+]CCc1ccccc1. The van der Waals surface area contributed by atoms with Crippen LogP contribution in [0, 0.1) is 6.92 Å². The van der Waals surface area contributed by atoms with Gasteiger partial charge in [0.1, 0.15) is 6.04 Å². The maximum atomic E-state index is 3.71. The summed E-state index contributed by atoms with van der Waals surface area (Å²) in [5, 5.41) is 3.98. The van der Waals surface area contributed by atoms with Gasteiger partial charge in [0.25, 0.3) is 0 Å². The zero-order valence-corrected chi connectivity index (χ0v) is 13.8. The van der Waals surface area contributed by atoms with Gasteiger partial charge in [-0.3, -0.25) is 0 Å². The van der Waals surface area contributed by atoms with E-state index >= 15 is 0 Å². The second-order valence-corrected chi connectivity index (χ2v) is 6.82. The molecule has 1 atom stereocenters. The third-order valence-corrected chi connectivity index (χ3v) is 5.13. The molecular weight excluding hydrogens is 280 g/mol. The van der Waals surface area contributed by atoms with Crippen molar-refractivity contribution in [1.82, 2.24) is 4.98 Å². The number of hydrogen-bond acceptors (Lipinski definition) is 0. The summed E-state index contributed by atoms with van der Waals surface area (Å²) in [5.74, 6) is 0. The van der Waals surface area contributed by atoms with E-state index in [2.05, 4.69) is 65.8 Å². The monoisotopic (exact) mass is 305 g/mol. The van der Waals surface area contributed by atoms with E-state index in [1.54, 1.807) is 5.56 Å². The highest BCUT2D eigenvalue weighted by Gasteiger charge is 2.26. The Balaban J connectivity index is 1.52. The molecular formula is C21H25N2+. The van der Waals surface area contributed by atoms with E-state index in [1.165, 1.54) is 47.0 Å². The van der Waals surface area contributed by atoms with Crippen molar-refractivity contribution in [3.05, 3.63) is 70.9 Å². The molecule has 0 spiro atoms. The molecule has 118 valence electrons. The van der Waals surface area contributed by atoms with Crippen LogP contribution in [0.5, 0.6) is 0 Å². The van der Waals surface area contributed by atoms with Crippen LogP contribution in [0.15, 0.2) is 48.5 Å². The van der Waals surface area contributed by atoms with Gasteiger partial charge in [-0.15, -0.1) is 0 Å². The van der Waals surface area contributed by atoms with Crippen LogP contribution in [0.25, 0.3) is 10.9 Å². The first-order valence-electron chi connectivity index (χ1n) is 8.79. The highest BCUT2D eigenvalue weighted by atomic mass is 14.9. The van der Waals surface area contributed by atoms with Crippen molar-refractivity contribution in [3.8, 4) is 0 Å². The average Bonchev–Trinajstić information content (AvgIpc) is 2.95. The molecule has 2 aromatic carbocycles. The smallest absolute Gasteiger partial charge is 0.127 e. The Morgan fingerprint density at radius 2 is 2.00 bits per heavy atom. The number of aryl methyl sites for hydroxylation is 2. The molecule has 1 heterocycles. The van der Waals surface area contributed by atoms with E-state index in [-0.39, 0.29) is 0 Å². The number of nitrogens with two attached hydrogens (primary N) is 1. The number of hydrogen-bond donors (Lipinski definition) is 2. The molecule has 0 aliphatic heterocycles. The van der Waals surface area contributed by atoms with Crippen molar-refractivity contribution >= 4 is 10.9 Å². The number of rotatable bonds is 4. The van der Waals surface area contributed by atoms with Gasteiger partial charge in [0.15, 0.2) is 0 Å². The summed E-state index contributed by atoms with van der Waals surface area (Å²) in [6.45, 7) is 3.34. The van der Waals surface area contributed by atoms with Crippen molar-refractivity contribution in [1.29, 1.82) is 0 Å². The minimum absolute atomic E-state index is 0.593. The minimum Gasteiger partial charge on any atom is -0.353 e. The summed E-state index contributed by atoms with van der Waals surface area (Å²) in [7, 11) is 0. The van der Waals surface area contributed by atoms with Crippen LogP contribution in [0.4, 0.5) is 0 Å². The molecule has 1 aliphatic rings. The average molecular weight is 305 g/mol. The lowest BCUT2D eigenvalue weighted by Crippen LogP contribution is -2.86. The number of quaternary nitrogens is 1. The van der Waals surface area contributed by atoms with Crippen molar-refractivity contribution in [2.75, 3.05) is 6.54 Å². The van der Waals surface area contributed by atoms with Gasteiger partial charge in [-0.05, 0) is 43.0 Å². The molecule has 2 nitrogen and oxygen atoms in total. The molecule has 0 unspecified atom stereocenters. The van der Waals surface area contributed by atoms with E-state index < -0.39 is 0 Å². The van der Waals surface area contributed by atoms with Crippen LogP contribution in [0.3, 0.4) is 0 Å². The number of nitrogens with one attached hydrogen (secondary N) is 1. The van der Waals surface area contributed by atoms with Crippen LogP contribution >= 0.6 is 0 Å². The molecule has 3 N–H and O–H groups in total. The Morgan fingerprint density at radius 3 is 2.87 bits per heavy atom. The Hall–Kier alpha value is -2.06. The standard InChI is InChI=1S/C21H24N2/c1-15-10-11-19-18(14-15)17-8-5-9-20(21(17)23-19)22-13-12-16-6-3-2-4-7-16/h2-4,6-7,10-11,14,20,22-23H,5,8-9,12-13H2,1H3/p+1/t20-/m0/s1. The van der Waals surface area contributed by atoms with E-state index in [0.717, 1.165) is 13.0 Å². The highest BCUT2D eigenvalue weighted by molar-refractivity contribution is 5.85. The molecule has 0 radical (unpaired) electrons. The zero-order chi connectivity index (χ0) is 15.6. The van der Waals surface area contributed by atoms with E-state index in [0.29, 0.717) is 6.04 Å². The second-order valence-electron chi connectivity index (χ2n) is 6.82. The Morgan fingerprint density at radius 1 is 1.13 bits per heavy atom. The van der Waals surface area contributed by atoms with Gasteiger partial charge in [-0.2, -0.15) is 0 Å². The third-order valence-electron chi connectivity index (χ3n) is 5.13. The first-order chi connectivity index (χ1) is 11.3. The fourth-order valence-electron chi connectivity index (χ4n) is 3.94. The molecule has 1 aliphatic carbocycles. The molecule has 0 saturated heterocycles. The predicted molar refractivity (Wildman–Crippen MR) is 95.7 cm³/mol. The summed E-state index contributed by atoms with van der Waals surface area (Å²) in [5.41, 5.74) is 7.14. The van der Waals surface area contributed by atoms with Crippen LogP contribution < -0.4 is 5.32 Å². The second kappa shape index (κ2) is 6.21. The highest BCUT2D eigenvalue weighted by Crippen LogP contribution is 2.33. The summed E-state index contributed by atoms with van der Waals surface area (Å²) < 4.78 is 0. The van der Waals surface area contributed by atoms with Crippen molar-refractivity contribution in [2.45, 2.75) is 38.6 Å². The minimum atomic E-state index is 0.593. The van der Waals surface area contributed by atoms with Crippen LogP contribution in [0.2, 0.25) is 0 Å². The van der Waals surface area contributed by atoms with Gasteiger partial charge in [-0.25, -0.2) is 0 Å². The van der Waals surface area contributed by atoms with Gasteiger partial charge in [0.05, 0.1) is 12.2 Å². The van der Waals surface area contributed by atoms with E-state index in [1.807, 2.05) is 0 Å². The quantitative estimate of drug-likeness (QED) is 0.737. The number of aromatic amines is 1. The lowest BCUT2D eigenvalue weighted by Gasteiger charge is -2.21. The molecule has 0 bridgehead atoms. The van der Waals surface area contributed by atoms with Crippen molar-refractivity contribution in [2.24, 2.45) is 0 Å². The topological polar surface area (TPSA) is 32.4 Å². The van der Waals surface area contributed by atoms with E-state index in [4.69, 9.17) is 0 Å². The number of fused-ring (bicyclic) bond motifs is 3. The largest absolute Gasteiger partial charge is 0.353 e. The van der Waals surface area contributed by atoms with Crippen molar-refractivity contribution in [3.63, 3.8) is 0 Å². The van der Waals surface area contributed by atoms with Gasteiger partial charge in [0, 0.05) is 23.7 Å². The summed E-state index contributed by atoms with van der Waals surface area (Å²) in [4.78, 5) is 3.71. The van der Waals surface area contributed by atoms with Gasteiger partial charge in [-0.1, -0.05) is 42.0 Å². The maximum absolute atomic E-state index is 3.71. The molecule has 0 saturated carbocycles. The molecule has 4 rings (SSSR count). The fraction of sp³-hybridized carbons (Fsp3) is 0.333. The first kappa shape index (κ1) is 14.5. The number of benzene rings is 2.